The SMILES string of the molecule is CCOCc1n[nH]c(CCO)c1-c1cccc2c(CCCOc3cccc4ccccc34)c(C(=O)OCC)[nH]c12. The third-order valence-electron chi connectivity index (χ3n) is 6.99. The maximum Gasteiger partial charge on any atom is 0.355 e. The van der Waals surface area contributed by atoms with E-state index < -0.39 is 0 Å². The quantitative estimate of drug-likeness (QED) is 0.125. The van der Waals surface area contributed by atoms with Crippen LogP contribution in [0.1, 0.15) is 47.7 Å². The maximum atomic E-state index is 13.1. The fourth-order valence-corrected chi connectivity index (χ4v) is 5.21. The molecule has 2 aromatic heterocycles. The molecule has 40 heavy (non-hydrogen) atoms. The molecule has 208 valence electrons. The molecule has 0 saturated heterocycles. The molecule has 8 nitrogen and oxygen atoms in total. The lowest BCUT2D eigenvalue weighted by molar-refractivity contribution is 0.0519. The second-order valence-corrected chi connectivity index (χ2v) is 9.49. The first-order valence-corrected chi connectivity index (χ1v) is 13.8. The number of hydrogen-bond donors (Lipinski definition) is 3. The molecule has 0 aliphatic rings. The number of aromatic amines is 2. The van der Waals surface area contributed by atoms with Crippen molar-refractivity contribution in [3.63, 3.8) is 0 Å². The Morgan fingerprint density at radius 3 is 2.58 bits per heavy atom. The van der Waals surface area contributed by atoms with Crippen LogP contribution >= 0.6 is 0 Å². The second-order valence-electron chi connectivity index (χ2n) is 9.49. The van der Waals surface area contributed by atoms with E-state index in [0.717, 1.165) is 55.5 Å². The molecule has 5 aromatic rings. The number of carbonyl (C=O) groups excluding carboxylic acids is 1. The molecule has 5 rings (SSSR count). The number of nitrogens with zero attached hydrogens (tertiary/aromatic N) is 1. The average molecular weight is 542 g/mol. The van der Waals surface area contributed by atoms with Gasteiger partial charge < -0.3 is 24.3 Å². The fraction of sp³-hybridized carbons (Fsp3) is 0.312. The highest BCUT2D eigenvalue weighted by Gasteiger charge is 2.23. The summed E-state index contributed by atoms with van der Waals surface area (Å²) in [5.74, 6) is 0.468. The van der Waals surface area contributed by atoms with Gasteiger partial charge in [0, 0.05) is 47.2 Å². The van der Waals surface area contributed by atoms with Crippen LogP contribution in [0.4, 0.5) is 0 Å². The summed E-state index contributed by atoms with van der Waals surface area (Å²) < 4.78 is 17.3. The van der Waals surface area contributed by atoms with Gasteiger partial charge in [0.25, 0.3) is 0 Å². The van der Waals surface area contributed by atoms with Crippen molar-refractivity contribution in [1.82, 2.24) is 15.2 Å². The molecule has 8 heteroatoms. The largest absolute Gasteiger partial charge is 0.493 e. The first kappa shape index (κ1) is 27.4. The number of hydrogen-bond acceptors (Lipinski definition) is 6. The zero-order valence-corrected chi connectivity index (χ0v) is 23.0. The first-order chi connectivity index (χ1) is 19.7. The van der Waals surface area contributed by atoms with Gasteiger partial charge in [-0.25, -0.2) is 4.79 Å². The van der Waals surface area contributed by atoms with E-state index >= 15 is 0 Å². The van der Waals surface area contributed by atoms with Crippen LogP contribution in [-0.4, -0.2) is 52.7 Å². The van der Waals surface area contributed by atoms with Gasteiger partial charge in [-0.1, -0.05) is 54.6 Å². The number of ether oxygens (including phenoxy) is 3. The van der Waals surface area contributed by atoms with Crippen molar-refractivity contribution in [2.45, 2.75) is 39.7 Å². The number of nitrogens with one attached hydrogen (secondary N) is 2. The molecule has 0 atom stereocenters. The Balaban J connectivity index is 1.47. The lowest BCUT2D eigenvalue weighted by atomic mass is 9.97. The molecule has 0 spiro atoms. The molecule has 3 aromatic carbocycles. The highest BCUT2D eigenvalue weighted by atomic mass is 16.5. The molecule has 0 unspecified atom stereocenters. The van der Waals surface area contributed by atoms with Gasteiger partial charge in [-0.2, -0.15) is 5.10 Å². The van der Waals surface area contributed by atoms with Gasteiger partial charge in [0.2, 0.25) is 0 Å². The number of para-hydroxylation sites is 1. The Morgan fingerprint density at radius 2 is 1.75 bits per heavy atom. The maximum absolute atomic E-state index is 13.1. The van der Waals surface area contributed by atoms with Crippen LogP contribution in [0.3, 0.4) is 0 Å². The number of carbonyl (C=O) groups is 1. The summed E-state index contributed by atoms with van der Waals surface area (Å²) >= 11 is 0. The normalized spacial score (nSPS) is 11.4. The van der Waals surface area contributed by atoms with E-state index in [1.165, 1.54) is 0 Å². The standard InChI is InChI=1S/C32H35N3O5/c1-3-38-20-27-29(26(17-18-36)34-35-27)25-14-8-13-23-24(31(33-30(23)25)32(37)39-4-2)15-9-19-40-28-16-7-11-21-10-5-6-12-22(21)28/h5-8,10-14,16,33,36H,3-4,9,15,17-20H2,1-2H3,(H,34,35). The summed E-state index contributed by atoms with van der Waals surface area (Å²) in [5.41, 5.74) is 5.54. The summed E-state index contributed by atoms with van der Waals surface area (Å²) in [5, 5.41) is 20.4. The van der Waals surface area contributed by atoms with Crippen LogP contribution in [0.2, 0.25) is 0 Å². The minimum Gasteiger partial charge on any atom is -0.493 e. The van der Waals surface area contributed by atoms with Crippen molar-refractivity contribution in [3.8, 4) is 16.9 Å². The van der Waals surface area contributed by atoms with Gasteiger partial charge in [0.05, 0.1) is 31.0 Å². The van der Waals surface area contributed by atoms with Crippen LogP contribution in [-0.2, 0) is 28.9 Å². The topological polar surface area (TPSA) is 109 Å². The Hall–Kier alpha value is -4.14. The van der Waals surface area contributed by atoms with Crippen molar-refractivity contribution >= 4 is 27.6 Å². The first-order valence-electron chi connectivity index (χ1n) is 13.8. The zero-order valence-electron chi connectivity index (χ0n) is 23.0. The molecular weight excluding hydrogens is 506 g/mol. The van der Waals surface area contributed by atoms with Crippen LogP contribution in [0.5, 0.6) is 5.75 Å². The average Bonchev–Trinajstić information content (AvgIpc) is 3.55. The number of rotatable bonds is 13. The Labute approximate surface area is 233 Å². The van der Waals surface area contributed by atoms with Crippen molar-refractivity contribution < 1.29 is 24.1 Å². The predicted octanol–water partition coefficient (Wildman–Crippen LogP) is 5.97. The fourth-order valence-electron chi connectivity index (χ4n) is 5.21. The number of aryl methyl sites for hydroxylation is 1. The molecule has 0 bridgehead atoms. The number of aliphatic hydroxyl groups excluding tert-OH is 1. The highest BCUT2D eigenvalue weighted by molar-refractivity contribution is 6.04. The van der Waals surface area contributed by atoms with Crippen molar-refractivity contribution in [2.24, 2.45) is 0 Å². The van der Waals surface area contributed by atoms with Crippen LogP contribution in [0, 0.1) is 0 Å². The number of fused-ring (bicyclic) bond motifs is 2. The van der Waals surface area contributed by atoms with E-state index in [1.807, 2.05) is 49.4 Å². The molecule has 0 fully saturated rings. The van der Waals surface area contributed by atoms with E-state index in [9.17, 15) is 9.90 Å². The lowest BCUT2D eigenvalue weighted by Gasteiger charge is -2.10. The van der Waals surface area contributed by atoms with Crippen LogP contribution in [0.15, 0.2) is 60.7 Å². The van der Waals surface area contributed by atoms with Crippen LogP contribution in [0.25, 0.3) is 32.8 Å². The van der Waals surface area contributed by atoms with Gasteiger partial charge in [0.1, 0.15) is 11.4 Å². The van der Waals surface area contributed by atoms with E-state index in [4.69, 9.17) is 14.2 Å². The zero-order chi connectivity index (χ0) is 27.9. The third-order valence-corrected chi connectivity index (χ3v) is 6.99. The molecule has 0 saturated carbocycles. The molecule has 2 heterocycles. The molecule has 0 radical (unpaired) electrons. The third kappa shape index (κ3) is 5.59. The van der Waals surface area contributed by atoms with Crippen LogP contribution < -0.4 is 4.74 Å². The molecule has 3 N–H and O–H groups in total. The van der Waals surface area contributed by atoms with Gasteiger partial charge >= 0.3 is 5.97 Å². The van der Waals surface area contributed by atoms with Crippen molar-refractivity contribution in [2.75, 3.05) is 26.4 Å². The summed E-state index contributed by atoms with van der Waals surface area (Å²) in [6.07, 6.45) is 1.77. The van der Waals surface area contributed by atoms with E-state index in [2.05, 4.69) is 33.4 Å². The number of H-pyrrole nitrogens is 2. The molecular formula is C32H35N3O5. The molecule has 0 amide bonds. The van der Waals surface area contributed by atoms with Gasteiger partial charge in [0.15, 0.2) is 0 Å². The summed E-state index contributed by atoms with van der Waals surface area (Å²) in [7, 11) is 0. The van der Waals surface area contributed by atoms with E-state index in [1.54, 1.807) is 6.92 Å². The molecule has 0 aliphatic carbocycles. The smallest absolute Gasteiger partial charge is 0.355 e. The van der Waals surface area contributed by atoms with Gasteiger partial charge in [-0.05, 0) is 43.7 Å². The summed E-state index contributed by atoms with van der Waals surface area (Å²) in [6.45, 7) is 5.42. The predicted molar refractivity (Wildman–Crippen MR) is 156 cm³/mol. The van der Waals surface area contributed by atoms with E-state index in [-0.39, 0.29) is 19.2 Å². The molecule has 0 aliphatic heterocycles. The highest BCUT2D eigenvalue weighted by Crippen LogP contribution is 2.36. The monoisotopic (exact) mass is 541 g/mol. The van der Waals surface area contributed by atoms with Crippen molar-refractivity contribution in [3.05, 3.63) is 83.3 Å². The van der Waals surface area contributed by atoms with Gasteiger partial charge in [-0.15, -0.1) is 0 Å². The second kappa shape index (κ2) is 12.8. The minimum absolute atomic E-state index is 0.0139. The Kier molecular flexibility index (Phi) is 8.78. The lowest BCUT2D eigenvalue weighted by Crippen LogP contribution is -2.09. The number of aliphatic hydroxyl groups is 1. The number of aromatic nitrogens is 3. The summed E-state index contributed by atoms with van der Waals surface area (Å²) in [4.78, 5) is 16.4. The van der Waals surface area contributed by atoms with E-state index in [0.29, 0.717) is 44.8 Å². The summed E-state index contributed by atoms with van der Waals surface area (Å²) in [6, 6.07) is 20.2. The van der Waals surface area contributed by atoms with Gasteiger partial charge in [-0.3, -0.25) is 5.10 Å². The van der Waals surface area contributed by atoms with Crippen molar-refractivity contribution in [1.29, 1.82) is 0 Å². The minimum atomic E-state index is -0.382. The Morgan fingerprint density at radius 1 is 0.950 bits per heavy atom. The Bertz CT molecular complexity index is 1600. The number of benzene rings is 3. The number of esters is 1.